The van der Waals surface area contributed by atoms with Gasteiger partial charge in [-0.2, -0.15) is 0 Å². The lowest BCUT2D eigenvalue weighted by Crippen LogP contribution is -2.17. The third-order valence-corrected chi connectivity index (χ3v) is 2.37. The Kier molecular flexibility index (Phi) is 2.27. The third-order valence-electron chi connectivity index (χ3n) is 2.37. The van der Waals surface area contributed by atoms with Gasteiger partial charge in [0, 0.05) is 17.8 Å². The van der Waals surface area contributed by atoms with Gasteiger partial charge in [-0.05, 0) is 24.8 Å². The minimum atomic E-state index is 0.811. The topological polar surface area (TPSA) is 38.0 Å². The number of benzene rings is 1. The summed E-state index contributed by atoms with van der Waals surface area (Å²) in [7, 11) is 0. The molecule has 1 aromatic rings. The van der Waals surface area contributed by atoms with Crippen LogP contribution in [-0.4, -0.2) is 6.54 Å². The Morgan fingerprint density at radius 3 is 2.93 bits per heavy atom. The maximum absolute atomic E-state index is 5.91. The van der Waals surface area contributed by atoms with Crippen LogP contribution in [0.3, 0.4) is 0 Å². The fourth-order valence-electron chi connectivity index (χ4n) is 1.61. The number of aryl methyl sites for hydroxylation is 1. The van der Waals surface area contributed by atoms with Crippen molar-refractivity contribution >= 4 is 5.57 Å². The number of nitrogens with two attached hydrogens (primary N) is 1. The summed E-state index contributed by atoms with van der Waals surface area (Å²) in [6, 6.07) is 8.40. The molecule has 1 aliphatic rings. The van der Waals surface area contributed by atoms with Gasteiger partial charge in [-0.15, -0.1) is 0 Å². The molecule has 0 fully saturated rings. The van der Waals surface area contributed by atoms with Crippen molar-refractivity contribution in [2.75, 3.05) is 6.54 Å². The molecule has 0 atom stereocenters. The van der Waals surface area contributed by atoms with Crippen LogP contribution in [0.2, 0.25) is 0 Å². The van der Waals surface area contributed by atoms with Crippen molar-refractivity contribution in [3.63, 3.8) is 0 Å². The summed E-state index contributed by atoms with van der Waals surface area (Å²) in [5.74, 6) is 0. The van der Waals surface area contributed by atoms with Crippen molar-refractivity contribution < 1.29 is 0 Å². The van der Waals surface area contributed by atoms with E-state index in [9.17, 15) is 0 Å². The van der Waals surface area contributed by atoms with Gasteiger partial charge in [0.2, 0.25) is 0 Å². The highest BCUT2D eigenvalue weighted by Crippen LogP contribution is 2.19. The smallest absolute Gasteiger partial charge is 0.0421 e. The summed E-state index contributed by atoms with van der Waals surface area (Å²) in [4.78, 5) is 0. The number of dihydropyridines is 1. The summed E-state index contributed by atoms with van der Waals surface area (Å²) < 4.78 is 0. The molecule has 14 heavy (non-hydrogen) atoms. The molecule has 0 aliphatic carbocycles. The van der Waals surface area contributed by atoms with Crippen LogP contribution >= 0.6 is 0 Å². The molecule has 0 radical (unpaired) electrons. The molecular weight excluding hydrogens is 172 g/mol. The number of hydrogen-bond acceptors (Lipinski definition) is 2. The van der Waals surface area contributed by atoms with Crippen LogP contribution in [0.5, 0.6) is 0 Å². The van der Waals surface area contributed by atoms with Crippen molar-refractivity contribution in [3.8, 4) is 0 Å². The molecule has 1 aromatic carbocycles. The highest BCUT2D eigenvalue weighted by atomic mass is 14.8. The number of rotatable bonds is 1. The largest absolute Gasteiger partial charge is 0.398 e. The second kappa shape index (κ2) is 3.58. The normalized spacial score (nSPS) is 15.5. The van der Waals surface area contributed by atoms with E-state index in [-0.39, 0.29) is 0 Å². The standard InChI is InChI=1S/C12H14N2/c1-9-3-2-4-10(7-9)11-8-14-6-5-12(11)13/h2-7,14H,8,13H2,1H3. The van der Waals surface area contributed by atoms with E-state index in [1.165, 1.54) is 16.7 Å². The molecule has 0 saturated carbocycles. The Hall–Kier alpha value is -1.70. The summed E-state index contributed by atoms with van der Waals surface area (Å²) in [6.45, 7) is 2.90. The minimum absolute atomic E-state index is 0.811. The van der Waals surface area contributed by atoms with Gasteiger partial charge >= 0.3 is 0 Å². The fourth-order valence-corrected chi connectivity index (χ4v) is 1.61. The van der Waals surface area contributed by atoms with Crippen LogP contribution < -0.4 is 11.1 Å². The summed E-state index contributed by atoms with van der Waals surface area (Å²) in [5.41, 5.74) is 10.4. The number of hydrogen-bond donors (Lipinski definition) is 2. The van der Waals surface area contributed by atoms with Crippen LogP contribution in [0.1, 0.15) is 11.1 Å². The van der Waals surface area contributed by atoms with E-state index >= 15 is 0 Å². The van der Waals surface area contributed by atoms with Crippen molar-refractivity contribution in [1.82, 2.24) is 5.32 Å². The molecule has 0 amide bonds. The predicted molar refractivity (Wildman–Crippen MR) is 59.4 cm³/mol. The zero-order valence-electron chi connectivity index (χ0n) is 8.25. The lowest BCUT2D eigenvalue weighted by atomic mass is 10.0. The van der Waals surface area contributed by atoms with Gasteiger partial charge in [0.15, 0.2) is 0 Å². The SMILES string of the molecule is Cc1cccc(C2=C(N)C=CNC2)c1. The van der Waals surface area contributed by atoms with Gasteiger partial charge in [-0.3, -0.25) is 0 Å². The molecule has 72 valence electrons. The van der Waals surface area contributed by atoms with Gasteiger partial charge in [0.25, 0.3) is 0 Å². The van der Waals surface area contributed by atoms with Gasteiger partial charge in [-0.1, -0.05) is 29.8 Å². The Balaban J connectivity index is 2.44. The predicted octanol–water partition coefficient (Wildman–Crippen LogP) is 1.78. The van der Waals surface area contributed by atoms with E-state index < -0.39 is 0 Å². The molecule has 0 bridgehead atoms. The van der Waals surface area contributed by atoms with Crippen molar-refractivity contribution in [2.45, 2.75) is 6.92 Å². The van der Waals surface area contributed by atoms with Crippen molar-refractivity contribution in [3.05, 3.63) is 53.4 Å². The Morgan fingerprint density at radius 2 is 2.21 bits per heavy atom. The van der Waals surface area contributed by atoms with Crippen LogP contribution in [0, 0.1) is 6.92 Å². The van der Waals surface area contributed by atoms with Crippen LogP contribution in [0.15, 0.2) is 42.2 Å². The first-order chi connectivity index (χ1) is 6.77. The maximum atomic E-state index is 5.91. The first kappa shape index (κ1) is 8.88. The highest BCUT2D eigenvalue weighted by Gasteiger charge is 2.07. The van der Waals surface area contributed by atoms with E-state index in [4.69, 9.17) is 5.73 Å². The van der Waals surface area contributed by atoms with Crippen LogP contribution in [0.4, 0.5) is 0 Å². The van der Waals surface area contributed by atoms with E-state index in [0.717, 1.165) is 12.2 Å². The zero-order chi connectivity index (χ0) is 9.97. The zero-order valence-corrected chi connectivity index (χ0v) is 8.25. The van der Waals surface area contributed by atoms with E-state index in [2.05, 4.69) is 36.5 Å². The van der Waals surface area contributed by atoms with E-state index in [1.807, 2.05) is 12.3 Å². The Bertz CT molecular complexity index is 403. The fraction of sp³-hybridized carbons (Fsp3) is 0.167. The molecule has 0 saturated heterocycles. The average Bonchev–Trinajstić information content (AvgIpc) is 2.18. The molecule has 0 aromatic heterocycles. The summed E-state index contributed by atoms with van der Waals surface area (Å²) >= 11 is 0. The summed E-state index contributed by atoms with van der Waals surface area (Å²) in [5, 5.41) is 3.16. The lowest BCUT2D eigenvalue weighted by molar-refractivity contribution is 0.969. The first-order valence-corrected chi connectivity index (χ1v) is 4.73. The van der Waals surface area contributed by atoms with Crippen molar-refractivity contribution in [2.24, 2.45) is 5.73 Å². The monoisotopic (exact) mass is 186 g/mol. The summed E-state index contributed by atoms with van der Waals surface area (Å²) in [6.07, 6.45) is 3.79. The third kappa shape index (κ3) is 1.64. The van der Waals surface area contributed by atoms with Gasteiger partial charge < -0.3 is 11.1 Å². The second-order valence-corrected chi connectivity index (χ2v) is 3.52. The van der Waals surface area contributed by atoms with Gasteiger partial charge in [-0.25, -0.2) is 0 Å². The second-order valence-electron chi connectivity index (χ2n) is 3.52. The molecule has 0 unspecified atom stereocenters. The number of allylic oxidation sites excluding steroid dienone is 1. The van der Waals surface area contributed by atoms with Gasteiger partial charge in [0.1, 0.15) is 0 Å². The molecule has 1 aliphatic heterocycles. The molecule has 1 heterocycles. The highest BCUT2D eigenvalue weighted by molar-refractivity contribution is 5.72. The van der Waals surface area contributed by atoms with E-state index in [1.54, 1.807) is 0 Å². The Labute approximate surface area is 84.1 Å². The van der Waals surface area contributed by atoms with Crippen molar-refractivity contribution in [1.29, 1.82) is 0 Å². The van der Waals surface area contributed by atoms with Gasteiger partial charge in [0.05, 0.1) is 0 Å². The van der Waals surface area contributed by atoms with Crippen LogP contribution in [0.25, 0.3) is 5.57 Å². The quantitative estimate of drug-likeness (QED) is 0.701. The Morgan fingerprint density at radius 1 is 1.36 bits per heavy atom. The molecule has 3 N–H and O–H groups in total. The number of nitrogens with one attached hydrogen (secondary N) is 1. The molecular formula is C12H14N2. The lowest BCUT2D eigenvalue weighted by Gasteiger charge is -2.15. The minimum Gasteiger partial charge on any atom is -0.398 e. The molecule has 2 heteroatoms. The van der Waals surface area contributed by atoms with Crippen LogP contribution in [-0.2, 0) is 0 Å². The first-order valence-electron chi connectivity index (χ1n) is 4.73. The molecule has 2 nitrogen and oxygen atoms in total. The van der Waals surface area contributed by atoms with E-state index in [0.29, 0.717) is 0 Å². The molecule has 2 rings (SSSR count). The maximum Gasteiger partial charge on any atom is 0.0421 e. The molecule has 0 spiro atoms. The average molecular weight is 186 g/mol.